The molecule has 1 aliphatic heterocycles. The van der Waals surface area contributed by atoms with E-state index in [1.165, 1.54) is 5.57 Å². The smallest absolute Gasteiger partial charge is 0.309 e. The first-order valence-corrected chi connectivity index (χ1v) is 19.6. The van der Waals surface area contributed by atoms with Gasteiger partial charge in [0, 0.05) is 23.1 Å². The van der Waals surface area contributed by atoms with Crippen molar-refractivity contribution in [2.24, 2.45) is 17.3 Å². The van der Waals surface area contributed by atoms with Crippen LogP contribution in [0.25, 0.3) is 6.08 Å². The minimum Gasteiger partial charge on any atom is -0.457 e. The number of aliphatic hydroxyl groups is 1. The number of nitrogens with zero attached hydrogens (tertiary/aromatic N) is 1. The van der Waals surface area contributed by atoms with Gasteiger partial charge >= 0.3 is 5.97 Å². The number of rotatable bonds is 7. The Morgan fingerprint density at radius 3 is 2.37 bits per heavy atom. The fraction of sp³-hybridized carbons (Fsp3) is 0.686. The monoisotopic (exact) mass is 631 g/mol. The maximum atomic E-state index is 14.1. The molecule has 0 unspecified atom stereocenters. The summed E-state index contributed by atoms with van der Waals surface area (Å²) < 4.78 is 13.1. The number of carbonyl (C=O) groups is 2. The Morgan fingerprint density at radius 1 is 1.14 bits per heavy atom. The van der Waals surface area contributed by atoms with Gasteiger partial charge in [-0.2, -0.15) is 0 Å². The average Bonchev–Trinajstić information content (AvgIpc) is 3.39. The Bertz CT molecular complexity index is 1140. The maximum absolute atomic E-state index is 14.1. The molecule has 0 spiro atoms. The number of hydrogen-bond acceptors (Lipinski definition) is 7. The zero-order valence-electron chi connectivity index (χ0n) is 28.4. The highest BCUT2D eigenvalue weighted by atomic mass is 32.1. The Labute approximate surface area is 266 Å². The summed E-state index contributed by atoms with van der Waals surface area (Å²) in [4.78, 5) is 32.4. The van der Waals surface area contributed by atoms with E-state index in [1.807, 2.05) is 53.0 Å². The minimum atomic E-state index is -2.20. The molecule has 43 heavy (non-hydrogen) atoms. The Kier molecular flexibility index (Phi) is 14.7. The summed E-state index contributed by atoms with van der Waals surface area (Å²) in [6.45, 7) is 20.1. The standard InChI is InChI=1S/C35H57NO5SSi/c1-11-43(12-2,13-3)41-31-22-32(37)40-30(26(6)21-29-23-42-28(8)36-29)20-19-24(4)17-15-14-16-18-25(5)33(38)27(7)34(39)35(31,9)10/h14,16,19,21,23,25,27,30-31,33,38H,11-13,15,17-18,20,22H2,1-10H3/b16-14+,24-19-,26-21+/t25-,27+,30-,31-,33-/m0/s1. The first kappa shape index (κ1) is 37.3. The van der Waals surface area contributed by atoms with Crippen LogP contribution in [0.15, 0.2) is 34.8 Å². The maximum Gasteiger partial charge on any atom is 0.309 e. The first-order chi connectivity index (χ1) is 20.2. The molecule has 0 aromatic carbocycles. The number of ketones is 1. The molecule has 0 amide bonds. The average molecular weight is 632 g/mol. The van der Waals surface area contributed by atoms with Gasteiger partial charge in [-0.1, -0.05) is 72.3 Å². The molecule has 0 saturated carbocycles. The second kappa shape index (κ2) is 17.0. The van der Waals surface area contributed by atoms with Crippen molar-refractivity contribution >= 4 is 37.5 Å². The van der Waals surface area contributed by atoms with Crippen molar-refractivity contribution in [3.05, 3.63) is 45.5 Å². The van der Waals surface area contributed by atoms with E-state index in [0.717, 1.165) is 47.2 Å². The number of Topliss-reactive ketones (excluding diaryl/α,β-unsaturated/α-hetero) is 1. The summed E-state index contributed by atoms with van der Waals surface area (Å²) in [7, 11) is -2.20. The van der Waals surface area contributed by atoms with Gasteiger partial charge in [0.25, 0.3) is 0 Å². The van der Waals surface area contributed by atoms with Crippen LogP contribution in [0.5, 0.6) is 0 Å². The van der Waals surface area contributed by atoms with Crippen LogP contribution in [0.1, 0.15) is 105 Å². The van der Waals surface area contributed by atoms with Crippen LogP contribution in [0.3, 0.4) is 0 Å². The lowest BCUT2D eigenvalue weighted by molar-refractivity contribution is -0.153. The summed E-state index contributed by atoms with van der Waals surface area (Å²) in [5, 5.41) is 14.2. The molecule has 0 saturated heterocycles. The first-order valence-electron chi connectivity index (χ1n) is 16.2. The summed E-state index contributed by atoms with van der Waals surface area (Å²) >= 11 is 1.59. The molecule has 0 fully saturated rings. The summed E-state index contributed by atoms with van der Waals surface area (Å²) in [6, 6.07) is 2.71. The molecule has 1 aromatic rings. The second-order valence-electron chi connectivity index (χ2n) is 13.1. The SMILES string of the molecule is CC[Si](CC)(CC)O[C@H]1CC(=O)O[C@H](/C(C)=C/c2csc(C)n2)C/C=C(/C)CC/C=C/C[C@H](C)[C@H](O)[C@@H](C)C(=O)C1(C)C. The zero-order valence-corrected chi connectivity index (χ0v) is 30.2. The quantitative estimate of drug-likeness (QED) is 0.184. The summed E-state index contributed by atoms with van der Waals surface area (Å²) in [6.07, 6.45) is 9.59. The number of aliphatic hydroxyl groups excluding tert-OH is 1. The Balaban J connectivity index is 2.55. The van der Waals surface area contributed by atoms with Crippen molar-refractivity contribution in [2.75, 3.05) is 0 Å². The van der Waals surface area contributed by atoms with Gasteiger partial charge in [-0.3, -0.25) is 9.59 Å². The van der Waals surface area contributed by atoms with E-state index in [4.69, 9.17) is 9.16 Å². The Morgan fingerprint density at radius 2 is 1.79 bits per heavy atom. The van der Waals surface area contributed by atoms with Crippen LogP contribution >= 0.6 is 11.3 Å². The van der Waals surface area contributed by atoms with E-state index in [9.17, 15) is 14.7 Å². The van der Waals surface area contributed by atoms with E-state index >= 15 is 0 Å². The van der Waals surface area contributed by atoms with Crippen molar-refractivity contribution < 1.29 is 23.9 Å². The second-order valence-corrected chi connectivity index (χ2v) is 18.9. The minimum absolute atomic E-state index is 0.0170. The van der Waals surface area contributed by atoms with Crippen molar-refractivity contribution in [3.63, 3.8) is 0 Å². The van der Waals surface area contributed by atoms with Gasteiger partial charge in [-0.05, 0) is 75.7 Å². The van der Waals surface area contributed by atoms with Crippen LogP contribution in [0.2, 0.25) is 18.1 Å². The number of allylic oxidation sites excluding steroid dienone is 3. The molecular weight excluding hydrogens is 575 g/mol. The van der Waals surface area contributed by atoms with Crippen molar-refractivity contribution in [1.82, 2.24) is 4.98 Å². The highest BCUT2D eigenvalue weighted by Crippen LogP contribution is 2.37. The predicted octanol–water partition coefficient (Wildman–Crippen LogP) is 8.85. The number of aromatic nitrogens is 1. The highest BCUT2D eigenvalue weighted by Gasteiger charge is 2.46. The fourth-order valence-corrected chi connectivity index (χ4v) is 9.44. The van der Waals surface area contributed by atoms with Crippen LogP contribution in [-0.2, 0) is 18.8 Å². The third kappa shape index (κ3) is 10.6. The summed E-state index contributed by atoms with van der Waals surface area (Å²) in [5.74, 6) is -1.12. The summed E-state index contributed by atoms with van der Waals surface area (Å²) in [5.41, 5.74) is 2.03. The van der Waals surface area contributed by atoms with E-state index in [0.29, 0.717) is 12.8 Å². The molecule has 242 valence electrons. The molecule has 2 heterocycles. The number of esters is 1. The third-order valence-electron chi connectivity index (χ3n) is 9.48. The van der Waals surface area contributed by atoms with E-state index in [1.54, 1.807) is 11.3 Å². The Hall–Kier alpha value is -1.87. The zero-order chi connectivity index (χ0) is 32.4. The van der Waals surface area contributed by atoms with E-state index < -0.39 is 38.0 Å². The largest absolute Gasteiger partial charge is 0.457 e. The normalized spacial score (nSPS) is 29.2. The lowest BCUT2D eigenvalue weighted by Gasteiger charge is -2.42. The third-order valence-corrected chi connectivity index (χ3v) is 14.9. The molecule has 8 heteroatoms. The van der Waals surface area contributed by atoms with Gasteiger partial charge < -0.3 is 14.3 Å². The molecule has 1 N–H and O–H groups in total. The molecule has 0 radical (unpaired) electrons. The van der Waals surface area contributed by atoms with Gasteiger partial charge in [0.15, 0.2) is 8.32 Å². The molecule has 1 aromatic heterocycles. The number of carbonyl (C=O) groups excluding carboxylic acids is 2. The van der Waals surface area contributed by atoms with Gasteiger partial charge in [0.1, 0.15) is 11.9 Å². The van der Waals surface area contributed by atoms with Crippen LogP contribution in [0.4, 0.5) is 0 Å². The predicted molar refractivity (Wildman–Crippen MR) is 182 cm³/mol. The van der Waals surface area contributed by atoms with Gasteiger partial charge in [-0.25, -0.2) is 4.98 Å². The van der Waals surface area contributed by atoms with Crippen molar-refractivity contribution in [2.45, 2.75) is 138 Å². The molecular formula is C35H57NO5SSi. The van der Waals surface area contributed by atoms with Crippen LogP contribution in [0, 0.1) is 24.2 Å². The van der Waals surface area contributed by atoms with Gasteiger partial charge in [0.2, 0.25) is 0 Å². The number of hydrogen-bond donors (Lipinski definition) is 1. The lowest BCUT2D eigenvalue weighted by atomic mass is 9.73. The number of thiazole rings is 1. The van der Waals surface area contributed by atoms with Crippen molar-refractivity contribution in [3.8, 4) is 0 Å². The van der Waals surface area contributed by atoms with Crippen LogP contribution in [-0.4, -0.2) is 48.5 Å². The number of ether oxygens (including phenoxy) is 1. The van der Waals surface area contributed by atoms with Gasteiger partial charge in [-0.15, -0.1) is 11.3 Å². The molecule has 0 bridgehead atoms. The van der Waals surface area contributed by atoms with Gasteiger partial charge in [0.05, 0.1) is 29.3 Å². The molecule has 5 atom stereocenters. The van der Waals surface area contributed by atoms with Crippen LogP contribution < -0.4 is 0 Å². The number of aryl methyl sites for hydroxylation is 1. The van der Waals surface area contributed by atoms with E-state index in [-0.39, 0.29) is 24.1 Å². The molecule has 0 aliphatic carbocycles. The van der Waals surface area contributed by atoms with Crippen molar-refractivity contribution in [1.29, 1.82) is 0 Å². The molecule has 2 rings (SSSR count). The molecule has 1 aliphatic rings. The highest BCUT2D eigenvalue weighted by molar-refractivity contribution is 7.09. The lowest BCUT2D eigenvalue weighted by Crippen LogP contribution is -2.51. The molecule has 6 nitrogen and oxygen atoms in total. The number of cyclic esters (lactones) is 1. The van der Waals surface area contributed by atoms with E-state index in [2.05, 4.69) is 50.9 Å². The fourth-order valence-electron chi connectivity index (χ4n) is 5.89. The topological polar surface area (TPSA) is 85.7 Å².